The summed E-state index contributed by atoms with van der Waals surface area (Å²) in [6, 6.07) is 9.40. The second kappa shape index (κ2) is 5.74. The summed E-state index contributed by atoms with van der Waals surface area (Å²) in [5, 5.41) is 15.5. The molecule has 0 aliphatic heterocycles. The van der Waals surface area contributed by atoms with Gasteiger partial charge in [-0.15, -0.1) is 0 Å². The molecule has 0 aliphatic carbocycles. The van der Waals surface area contributed by atoms with E-state index in [0.717, 1.165) is 5.56 Å². The fraction of sp³-hybridized carbons (Fsp3) is 0.357. The van der Waals surface area contributed by atoms with E-state index in [1.54, 1.807) is 24.9 Å². The fourth-order valence-corrected chi connectivity index (χ4v) is 2.42. The Hall–Kier alpha value is -1.36. The summed E-state index contributed by atoms with van der Waals surface area (Å²) in [6.07, 6.45) is 1.55. The zero-order valence-electron chi connectivity index (χ0n) is 11.0. The maximum absolute atomic E-state index is 10.8. The van der Waals surface area contributed by atoms with Crippen LogP contribution < -0.4 is 0 Å². The molecule has 0 aliphatic rings. The van der Waals surface area contributed by atoms with Crippen LogP contribution in [0.4, 0.5) is 0 Å². The lowest BCUT2D eigenvalue weighted by molar-refractivity contribution is 0.0884. The van der Waals surface area contributed by atoms with Gasteiger partial charge in [-0.3, -0.25) is 4.68 Å². The number of aliphatic hydroxyl groups is 1. The zero-order valence-corrected chi connectivity index (χ0v) is 11.8. The Morgan fingerprint density at radius 3 is 2.68 bits per heavy atom. The molecule has 19 heavy (non-hydrogen) atoms. The van der Waals surface area contributed by atoms with Crippen molar-refractivity contribution >= 4 is 11.6 Å². The molecule has 1 atom stereocenters. The zero-order chi connectivity index (χ0) is 13.9. The molecular formula is C14H17ClN2O2. The van der Waals surface area contributed by atoms with Crippen LogP contribution in [0, 0.1) is 0 Å². The third-order valence-electron chi connectivity index (χ3n) is 3.10. The average Bonchev–Trinajstić information content (AvgIpc) is 2.79. The lowest BCUT2D eigenvalue weighted by Crippen LogP contribution is -2.28. The van der Waals surface area contributed by atoms with Gasteiger partial charge in [0.2, 0.25) is 0 Å². The van der Waals surface area contributed by atoms with Crippen molar-refractivity contribution in [2.75, 3.05) is 13.7 Å². The summed E-state index contributed by atoms with van der Waals surface area (Å²) >= 11 is 6.17. The van der Waals surface area contributed by atoms with Crippen LogP contribution in [0.2, 0.25) is 5.02 Å². The van der Waals surface area contributed by atoms with Crippen molar-refractivity contribution in [1.29, 1.82) is 0 Å². The summed E-state index contributed by atoms with van der Waals surface area (Å²) in [4.78, 5) is 0. The highest BCUT2D eigenvalue weighted by atomic mass is 35.5. The summed E-state index contributed by atoms with van der Waals surface area (Å²) in [6.45, 7) is 2.77. The highest BCUT2D eigenvalue weighted by Crippen LogP contribution is 2.33. The number of halogens is 1. The highest BCUT2D eigenvalue weighted by molar-refractivity contribution is 6.31. The number of rotatable bonds is 5. The predicted molar refractivity (Wildman–Crippen MR) is 74.2 cm³/mol. The Labute approximate surface area is 117 Å². The minimum atomic E-state index is -1.19. The van der Waals surface area contributed by atoms with Gasteiger partial charge in [0.25, 0.3) is 0 Å². The standard InChI is InChI=1S/C14H17ClN2O2/c1-14(18,11-6-4-3-5-7-11)13-12(15)10-16-17(13)8-9-19-2/h3-7,10,18H,8-9H2,1-2H3. The molecule has 1 aromatic heterocycles. The van der Waals surface area contributed by atoms with Crippen LogP contribution >= 0.6 is 11.6 Å². The van der Waals surface area contributed by atoms with E-state index in [9.17, 15) is 5.11 Å². The van der Waals surface area contributed by atoms with Crippen molar-refractivity contribution in [2.24, 2.45) is 0 Å². The van der Waals surface area contributed by atoms with Gasteiger partial charge in [0.1, 0.15) is 5.60 Å². The number of ether oxygens (including phenoxy) is 1. The van der Waals surface area contributed by atoms with Gasteiger partial charge in [-0.05, 0) is 12.5 Å². The first kappa shape index (κ1) is 14.1. The van der Waals surface area contributed by atoms with Crippen LogP contribution in [0.25, 0.3) is 0 Å². The Morgan fingerprint density at radius 1 is 1.37 bits per heavy atom. The van der Waals surface area contributed by atoms with E-state index >= 15 is 0 Å². The Kier molecular flexibility index (Phi) is 4.24. The third kappa shape index (κ3) is 2.81. The van der Waals surface area contributed by atoms with Crippen LogP contribution in [0.3, 0.4) is 0 Å². The van der Waals surface area contributed by atoms with Crippen LogP contribution in [-0.2, 0) is 16.9 Å². The fourth-order valence-electron chi connectivity index (χ4n) is 2.09. The molecule has 5 heteroatoms. The van der Waals surface area contributed by atoms with Gasteiger partial charge in [0, 0.05) is 7.11 Å². The molecule has 0 saturated heterocycles. The highest BCUT2D eigenvalue weighted by Gasteiger charge is 2.32. The van der Waals surface area contributed by atoms with Gasteiger partial charge in [-0.2, -0.15) is 5.10 Å². The minimum absolute atomic E-state index is 0.449. The van der Waals surface area contributed by atoms with Crippen molar-refractivity contribution in [3.8, 4) is 0 Å². The molecule has 1 N–H and O–H groups in total. The Bertz CT molecular complexity index is 538. The topological polar surface area (TPSA) is 47.3 Å². The first-order valence-electron chi connectivity index (χ1n) is 6.06. The molecule has 4 nitrogen and oxygen atoms in total. The second-order valence-electron chi connectivity index (χ2n) is 4.50. The van der Waals surface area contributed by atoms with E-state index in [1.165, 1.54) is 0 Å². The maximum Gasteiger partial charge on any atom is 0.130 e. The lowest BCUT2D eigenvalue weighted by Gasteiger charge is -2.25. The van der Waals surface area contributed by atoms with Gasteiger partial charge >= 0.3 is 0 Å². The third-order valence-corrected chi connectivity index (χ3v) is 3.38. The Balaban J connectivity index is 2.42. The lowest BCUT2D eigenvalue weighted by atomic mass is 9.92. The molecule has 0 bridgehead atoms. The van der Waals surface area contributed by atoms with Crippen molar-refractivity contribution in [1.82, 2.24) is 9.78 Å². The molecule has 2 aromatic rings. The number of hydrogen-bond acceptors (Lipinski definition) is 3. The minimum Gasteiger partial charge on any atom is -0.383 e. The number of nitrogens with zero attached hydrogens (tertiary/aromatic N) is 2. The van der Waals surface area contributed by atoms with Gasteiger partial charge in [0.05, 0.1) is 30.1 Å². The van der Waals surface area contributed by atoms with E-state index in [4.69, 9.17) is 16.3 Å². The van der Waals surface area contributed by atoms with Gasteiger partial charge in [0.15, 0.2) is 0 Å². The molecule has 2 rings (SSSR count). The van der Waals surface area contributed by atoms with Gasteiger partial charge in [-0.25, -0.2) is 0 Å². The van der Waals surface area contributed by atoms with Crippen LogP contribution in [-0.4, -0.2) is 28.6 Å². The molecule has 1 heterocycles. The molecule has 0 amide bonds. The van der Waals surface area contributed by atoms with Crippen molar-refractivity contribution in [3.63, 3.8) is 0 Å². The van der Waals surface area contributed by atoms with Crippen molar-refractivity contribution < 1.29 is 9.84 Å². The first-order chi connectivity index (χ1) is 9.07. The molecular weight excluding hydrogens is 264 g/mol. The quantitative estimate of drug-likeness (QED) is 0.915. The molecule has 102 valence electrons. The largest absolute Gasteiger partial charge is 0.383 e. The van der Waals surface area contributed by atoms with E-state index in [0.29, 0.717) is 23.9 Å². The van der Waals surface area contributed by atoms with Crippen LogP contribution in [0.5, 0.6) is 0 Å². The molecule has 0 spiro atoms. The summed E-state index contributed by atoms with van der Waals surface area (Å²) in [5.41, 5.74) is 0.163. The average molecular weight is 281 g/mol. The van der Waals surface area contributed by atoms with Gasteiger partial charge in [-0.1, -0.05) is 41.9 Å². The number of benzene rings is 1. The van der Waals surface area contributed by atoms with Crippen molar-refractivity contribution in [3.05, 3.63) is 52.8 Å². The van der Waals surface area contributed by atoms with E-state index in [1.807, 2.05) is 30.3 Å². The van der Waals surface area contributed by atoms with Crippen LogP contribution in [0.15, 0.2) is 36.5 Å². The van der Waals surface area contributed by atoms with Gasteiger partial charge < -0.3 is 9.84 Å². The number of methoxy groups -OCH3 is 1. The monoisotopic (exact) mass is 280 g/mol. The first-order valence-corrected chi connectivity index (χ1v) is 6.43. The van der Waals surface area contributed by atoms with E-state index in [2.05, 4.69) is 5.10 Å². The number of hydrogen-bond donors (Lipinski definition) is 1. The van der Waals surface area contributed by atoms with Crippen LogP contribution in [0.1, 0.15) is 18.2 Å². The molecule has 0 saturated carbocycles. The maximum atomic E-state index is 10.8. The van der Waals surface area contributed by atoms with E-state index in [-0.39, 0.29) is 0 Å². The SMILES string of the molecule is COCCn1ncc(Cl)c1C(C)(O)c1ccccc1. The summed E-state index contributed by atoms with van der Waals surface area (Å²) in [5.74, 6) is 0. The Morgan fingerprint density at radius 2 is 2.05 bits per heavy atom. The second-order valence-corrected chi connectivity index (χ2v) is 4.90. The molecule has 0 radical (unpaired) electrons. The number of aromatic nitrogens is 2. The van der Waals surface area contributed by atoms with E-state index < -0.39 is 5.60 Å². The molecule has 0 fully saturated rings. The molecule has 1 unspecified atom stereocenters. The predicted octanol–water partition coefficient (Wildman–Crippen LogP) is 2.44. The summed E-state index contributed by atoms with van der Waals surface area (Å²) < 4.78 is 6.72. The summed E-state index contributed by atoms with van der Waals surface area (Å²) in [7, 11) is 1.63. The molecule has 1 aromatic carbocycles. The van der Waals surface area contributed by atoms with Crippen molar-refractivity contribution in [2.45, 2.75) is 19.1 Å². The smallest absolute Gasteiger partial charge is 0.130 e. The normalized spacial score (nSPS) is 14.3.